The minimum atomic E-state index is -3.61. The van der Waals surface area contributed by atoms with E-state index in [1.54, 1.807) is 37.3 Å². The normalized spacial score (nSPS) is 11.3. The summed E-state index contributed by atoms with van der Waals surface area (Å²) in [5.74, 6) is 0. The molecule has 0 aliphatic heterocycles. The molecule has 0 unspecified atom stereocenters. The largest absolute Gasteiger partial charge is 0.399 e. The minimum absolute atomic E-state index is 0.163. The molecule has 0 aliphatic carbocycles. The number of sulfonamides is 1. The zero-order chi connectivity index (χ0) is 14.0. The van der Waals surface area contributed by atoms with Gasteiger partial charge in [0.15, 0.2) is 0 Å². The molecule has 0 aliphatic rings. The lowest BCUT2D eigenvalue weighted by Crippen LogP contribution is -2.13. The highest BCUT2D eigenvalue weighted by atomic mass is 35.5. The van der Waals surface area contributed by atoms with Gasteiger partial charge in [0.2, 0.25) is 0 Å². The number of nitrogen functional groups attached to an aromatic ring is 1. The molecular weight excluding hydrogens is 284 g/mol. The van der Waals surface area contributed by atoms with Crippen LogP contribution in [0.15, 0.2) is 47.4 Å². The Morgan fingerprint density at radius 1 is 1.11 bits per heavy atom. The molecule has 2 rings (SSSR count). The molecule has 0 atom stereocenters. The van der Waals surface area contributed by atoms with Gasteiger partial charge in [0.05, 0.1) is 10.6 Å². The summed E-state index contributed by atoms with van der Waals surface area (Å²) >= 11 is 5.83. The monoisotopic (exact) mass is 296 g/mol. The van der Waals surface area contributed by atoms with E-state index >= 15 is 0 Å². The molecule has 3 N–H and O–H groups in total. The van der Waals surface area contributed by atoms with Crippen LogP contribution in [0.1, 0.15) is 5.56 Å². The molecule has 6 heteroatoms. The van der Waals surface area contributed by atoms with Crippen LogP contribution in [-0.4, -0.2) is 8.42 Å². The first kappa shape index (κ1) is 13.7. The van der Waals surface area contributed by atoms with E-state index in [0.29, 0.717) is 16.4 Å². The fourth-order valence-corrected chi connectivity index (χ4v) is 2.95. The predicted molar refractivity (Wildman–Crippen MR) is 77.9 cm³/mol. The fourth-order valence-electron chi connectivity index (χ4n) is 1.59. The van der Waals surface area contributed by atoms with E-state index in [1.165, 1.54) is 12.1 Å². The van der Waals surface area contributed by atoms with Gasteiger partial charge >= 0.3 is 0 Å². The van der Waals surface area contributed by atoms with Gasteiger partial charge < -0.3 is 5.73 Å². The molecule has 0 radical (unpaired) electrons. The van der Waals surface area contributed by atoms with Crippen molar-refractivity contribution in [3.63, 3.8) is 0 Å². The molecule has 0 saturated heterocycles. The van der Waals surface area contributed by atoms with Crippen LogP contribution in [0.3, 0.4) is 0 Å². The maximum absolute atomic E-state index is 12.2. The van der Waals surface area contributed by atoms with E-state index in [9.17, 15) is 8.42 Å². The van der Waals surface area contributed by atoms with Crippen molar-refractivity contribution in [3.8, 4) is 0 Å². The standard InChI is InChI=1S/C13H13ClN2O2S/c1-9-8-10(14)2-7-13(9)16-19(17,18)12-5-3-11(15)4-6-12/h2-8,16H,15H2,1H3. The van der Waals surface area contributed by atoms with Gasteiger partial charge in [-0.25, -0.2) is 8.42 Å². The van der Waals surface area contributed by atoms with Crippen molar-refractivity contribution in [1.29, 1.82) is 0 Å². The van der Waals surface area contributed by atoms with Crippen molar-refractivity contribution in [2.75, 3.05) is 10.5 Å². The lowest BCUT2D eigenvalue weighted by molar-refractivity contribution is 0.601. The van der Waals surface area contributed by atoms with Crippen molar-refractivity contribution in [2.45, 2.75) is 11.8 Å². The summed E-state index contributed by atoms with van der Waals surface area (Å²) in [5.41, 5.74) is 7.31. The number of nitrogens with two attached hydrogens (primary N) is 1. The summed E-state index contributed by atoms with van der Waals surface area (Å²) in [6.07, 6.45) is 0. The molecule has 0 fully saturated rings. The first-order chi connectivity index (χ1) is 8.88. The molecule has 19 heavy (non-hydrogen) atoms. The van der Waals surface area contributed by atoms with Crippen LogP contribution in [0.5, 0.6) is 0 Å². The van der Waals surface area contributed by atoms with Crippen molar-refractivity contribution in [3.05, 3.63) is 53.1 Å². The molecule has 0 aromatic heterocycles. The number of halogens is 1. The van der Waals surface area contributed by atoms with E-state index in [-0.39, 0.29) is 4.90 Å². The Bertz CT molecular complexity index is 697. The SMILES string of the molecule is Cc1cc(Cl)ccc1NS(=O)(=O)c1ccc(N)cc1. The number of hydrogen-bond donors (Lipinski definition) is 2. The Hall–Kier alpha value is -1.72. The zero-order valence-electron chi connectivity index (χ0n) is 10.2. The predicted octanol–water partition coefficient (Wildman–Crippen LogP) is 3.03. The van der Waals surface area contributed by atoms with Gasteiger partial charge in [-0.15, -0.1) is 0 Å². The van der Waals surface area contributed by atoms with Crippen LogP contribution in [0.25, 0.3) is 0 Å². The van der Waals surface area contributed by atoms with Crippen LogP contribution >= 0.6 is 11.6 Å². The highest BCUT2D eigenvalue weighted by molar-refractivity contribution is 7.92. The maximum atomic E-state index is 12.2. The average Bonchev–Trinajstić information content (AvgIpc) is 2.33. The minimum Gasteiger partial charge on any atom is -0.399 e. The molecule has 2 aromatic rings. The molecular formula is C13H13ClN2O2S. The van der Waals surface area contributed by atoms with E-state index in [1.807, 2.05) is 0 Å². The second-order valence-corrected chi connectivity index (χ2v) is 6.25. The quantitative estimate of drug-likeness (QED) is 0.855. The van der Waals surface area contributed by atoms with Gasteiger partial charge in [0.25, 0.3) is 10.0 Å². The number of anilines is 2. The van der Waals surface area contributed by atoms with Crippen LogP contribution in [0.4, 0.5) is 11.4 Å². The Morgan fingerprint density at radius 2 is 1.74 bits per heavy atom. The molecule has 0 amide bonds. The second-order valence-electron chi connectivity index (χ2n) is 4.13. The summed E-state index contributed by atoms with van der Waals surface area (Å²) in [5, 5.41) is 0.563. The van der Waals surface area contributed by atoms with Crippen molar-refractivity contribution in [2.24, 2.45) is 0 Å². The summed E-state index contributed by atoms with van der Waals surface area (Å²) in [6, 6.07) is 11.0. The third-order valence-electron chi connectivity index (χ3n) is 2.62. The highest BCUT2D eigenvalue weighted by Crippen LogP contribution is 2.23. The lowest BCUT2D eigenvalue weighted by atomic mass is 10.2. The van der Waals surface area contributed by atoms with Gasteiger partial charge in [0, 0.05) is 10.7 Å². The summed E-state index contributed by atoms with van der Waals surface area (Å²) in [7, 11) is -3.61. The van der Waals surface area contributed by atoms with Gasteiger partial charge in [-0.1, -0.05) is 11.6 Å². The van der Waals surface area contributed by atoms with Gasteiger partial charge in [-0.3, -0.25) is 4.72 Å². The molecule has 2 aromatic carbocycles. The van der Waals surface area contributed by atoms with Gasteiger partial charge in [-0.2, -0.15) is 0 Å². The van der Waals surface area contributed by atoms with Gasteiger partial charge in [-0.05, 0) is 55.0 Å². The molecule has 0 spiro atoms. The number of rotatable bonds is 3. The van der Waals surface area contributed by atoms with E-state index in [0.717, 1.165) is 5.56 Å². The second kappa shape index (κ2) is 5.11. The highest BCUT2D eigenvalue weighted by Gasteiger charge is 2.14. The molecule has 100 valence electrons. The molecule has 0 saturated carbocycles. The summed E-state index contributed by atoms with van der Waals surface area (Å²) in [4.78, 5) is 0.163. The van der Waals surface area contributed by atoms with Crippen LogP contribution in [0.2, 0.25) is 5.02 Å². The lowest BCUT2D eigenvalue weighted by Gasteiger charge is -2.11. The first-order valence-electron chi connectivity index (χ1n) is 5.53. The Labute approximate surface area is 117 Å². The maximum Gasteiger partial charge on any atom is 0.261 e. The first-order valence-corrected chi connectivity index (χ1v) is 7.39. The Balaban J connectivity index is 2.33. The van der Waals surface area contributed by atoms with E-state index < -0.39 is 10.0 Å². The molecule has 0 heterocycles. The summed E-state index contributed by atoms with van der Waals surface area (Å²) < 4.78 is 26.9. The van der Waals surface area contributed by atoms with Crippen molar-refractivity contribution in [1.82, 2.24) is 0 Å². The average molecular weight is 297 g/mol. The summed E-state index contributed by atoms with van der Waals surface area (Å²) in [6.45, 7) is 1.78. The fraction of sp³-hybridized carbons (Fsp3) is 0.0769. The third-order valence-corrected chi connectivity index (χ3v) is 4.24. The molecule has 0 bridgehead atoms. The van der Waals surface area contributed by atoms with Crippen molar-refractivity contribution < 1.29 is 8.42 Å². The Morgan fingerprint density at radius 3 is 2.32 bits per heavy atom. The zero-order valence-corrected chi connectivity index (χ0v) is 11.8. The third kappa shape index (κ3) is 3.19. The van der Waals surface area contributed by atoms with Crippen LogP contribution < -0.4 is 10.5 Å². The number of hydrogen-bond acceptors (Lipinski definition) is 3. The van der Waals surface area contributed by atoms with E-state index in [4.69, 9.17) is 17.3 Å². The number of aryl methyl sites for hydroxylation is 1. The van der Waals surface area contributed by atoms with Crippen LogP contribution in [-0.2, 0) is 10.0 Å². The topological polar surface area (TPSA) is 72.2 Å². The number of nitrogens with one attached hydrogen (secondary N) is 1. The van der Waals surface area contributed by atoms with Crippen LogP contribution in [0, 0.1) is 6.92 Å². The molecule has 4 nitrogen and oxygen atoms in total. The van der Waals surface area contributed by atoms with Crippen molar-refractivity contribution >= 4 is 33.0 Å². The van der Waals surface area contributed by atoms with E-state index in [2.05, 4.69) is 4.72 Å². The number of benzene rings is 2. The van der Waals surface area contributed by atoms with Gasteiger partial charge in [0.1, 0.15) is 0 Å². The Kier molecular flexibility index (Phi) is 3.68. The smallest absolute Gasteiger partial charge is 0.261 e.